The molecule has 1 atom stereocenters. The molecule has 0 radical (unpaired) electrons. The zero-order valence-corrected chi connectivity index (χ0v) is 13.3. The van der Waals surface area contributed by atoms with Crippen LogP contribution < -0.4 is 5.32 Å². The van der Waals surface area contributed by atoms with Crippen molar-refractivity contribution in [3.8, 4) is 0 Å². The molecule has 0 aromatic carbocycles. The number of pyridine rings is 1. The van der Waals surface area contributed by atoms with Gasteiger partial charge in [0, 0.05) is 25.7 Å². The van der Waals surface area contributed by atoms with Gasteiger partial charge in [0.1, 0.15) is 0 Å². The number of nitrogens with one attached hydrogen (secondary N) is 1. The fourth-order valence-electron chi connectivity index (χ4n) is 2.54. The van der Waals surface area contributed by atoms with E-state index in [1.165, 1.54) is 0 Å². The standard InChI is InChI=1S/C16H24N4O2/c1-19(2)9-5-8-18-16(22)13-10-15(21)20(11-13)12-14-6-3-4-7-17-14/h3-4,6-7,13H,5,8-12H2,1-2H3,(H,18,22). The van der Waals surface area contributed by atoms with E-state index in [1.54, 1.807) is 11.1 Å². The molecule has 0 aliphatic carbocycles. The maximum atomic E-state index is 12.1. The Morgan fingerprint density at radius 3 is 2.95 bits per heavy atom. The number of carbonyl (C=O) groups is 2. The molecule has 120 valence electrons. The Hall–Kier alpha value is -1.95. The van der Waals surface area contributed by atoms with Gasteiger partial charge in [-0.3, -0.25) is 14.6 Å². The lowest BCUT2D eigenvalue weighted by Crippen LogP contribution is -2.34. The third-order valence-electron chi connectivity index (χ3n) is 3.75. The van der Waals surface area contributed by atoms with E-state index < -0.39 is 0 Å². The van der Waals surface area contributed by atoms with Crippen molar-refractivity contribution in [3.63, 3.8) is 0 Å². The molecule has 2 amide bonds. The highest BCUT2D eigenvalue weighted by molar-refractivity contribution is 5.89. The number of nitrogens with zero attached hydrogens (tertiary/aromatic N) is 3. The van der Waals surface area contributed by atoms with Gasteiger partial charge >= 0.3 is 0 Å². The molecule has 1 saturated heterocycles. The summed E-state index contributed by atoms with van der Waals surface area (Å²) >= 11 is 0. The number of likely N-dealkylation sites (tertiary alicyclic amines) is 1. The number of rotatable bonds is 7. The molecule has 6 nitrogen and oxygen atoms in total. The Labute approximate surface area is 131 Å². The molecule has 0 saturated carbocycles. The predicted octanol–water partition coefficient (Wildman–Crippen LogP) is 0.498. The van der Waals surface area contributed by atoms with E-state index in [-0.39, 0.29) is 17.7 Å². The first-order chi connectivity index (χ1) is 10.6. The van der Waals surface area contributed by atoms with Gasteiger partial charge in [-0.25, -0.2) is 0 Å². The Balaban J connectivity index is 1.77. The summed E-state index contributed by atoms with van der Waals surface area (Å²) < 4.78 is 0. The Kier molecular flexibility index (Phi) is 5.89. The van der Waals surface area contributed by atoms with E-state index in [0.717, 1.165) is 18.7 Å². The van der Waals surface area contributed by atoms with Gasteiger partial charge in [-0.2, -0.15) is 0 Å². The average molecular weight is 304 g/mol. The predicted molar refractivity (Wildman–Crippen MR) is 83.9 cm³/mol. The zero-order valence-electron chi connectivity index (χ0n) is 13.3. The summed E-state index contributed by atoms with van der Waals surface area (Å²) in [7, 11) is 4.01. The summed E-state index contributed by atoms with van der Waals surface area (Å²) in [6, 6.07) is 5.64. The van der Waals surface area contributed by atoms with Crippen molar-refractivity contribution < 1.29 is 9.59 Å². The smallest absolute Gasteiger partial charge is 0.225 e. The van der Waals surface area contributed by atoms with Crippen LogP contribution in [-0.2, 0) is 16.1 Å². The number of aromatic nitrogens is 1. The highest BCUT2D eigenvalue weighted by atomic mass is 16.2. The molecular weight excluding hydrogens is 280 g/mol. The van der Waals surface area contributed by atoms with Gasteiger partial charge < -0.3 is 15.1 Å². The van der Waals surface area contributed by atoms with Gasteiger partial charge in [0.15, 0.2) is 0 Å². The lowest BCUT2D eigenvalue weighted by molar-refractivity contribution is -0.129. The van der Waals surface area contributed by atoms with E-state index in [9.17, 15) is 9.59 Å². The van der Waals surface area contributed by atoms with Crippen LogP contribution in [0.15, 0.2) is 24.4 Å². The molecule has 1 aromatic heterocycles. The molecule has 1 unspecified atom stereocenters. The first-order valence-electron chi connectivity index (χ1n) is 7.66. The summed E-state index contributed by atoms with van der Waals surface area (Å²) in [4.78, 5) is 32.2. The summed E-state index contributed by atoms with van der Waals surface area (Å²) in [5, 5.41) is 2.92. The van der Waals surface area contributed by atoms with Gasteiger partial charge in [0.2, 0.25) is 11.8 Å². The van der Waals surface area contributed by atoms with E-state index in [1.807, 2.05) is 32.3 Å². The van der Waals surface area contributed by atoms with Crippen LogP contribution in [0.25, 0.3) is 0 Å². The third-order valence-corrected chi connectivity index (χ3v) is 3.75. The Morgan fingerprint density at radius 1 is 1.45 bits per heavy atom. The lowest BCUT2D eigenvalue weighted by Gasteiger charge is -2.16. The molecule has 6 heteroatoms. The van der Waals surface area contributed by atoms with Crippen LogP contribution in [0.4, 0.5) is 0 Å². The maximum absolute atomic E-state index is 12.1. The average Bonchev–Trinajstić information content (AvgIpc) is 2.85. The molecular formula is C16H24N4O2. The van der Waals surface area contributed by atoms with Crippen LogP contribution >= 0.6 is 0 Å². The minimum absolute atomic E-state index is 0.0179. The van der Waals surface area contributed by atoms with Crippen molar-refractivity contribution in [2.75, 3.05) is 33.7 Å². The van der Waals surface area contributed by atoms with Gasteiger partial charge in [-0.05, 0) is 39.2 Å². The van der Waals surface area contributed by atoms with Gasteiger partial charge in [-0.15, -0.1) is 0 Å². The monoisotopic (exact) mass is 304 g/mol. The number of carbonyl (C=O) groups excluding carboxylic acids is 2. The number of hydrogen-bond donors (Lipinski definition) is 1. The van der Waals surface area contributed by atoms with Gasteiger partial charge in [-0.1, -0.05) is 6.07 Å². The van der Waals surface area contributed by atoms with Gasteiger partial charge in [0.05, 0.1) is 18.2 Å². The molecule has 1 aliphatic rings. The molecule has 2 heterocycles. The Morgan fingerprint density at radius 2 is 2.27 bits per heavy atom. The van der Waals surface area contributed by atoms with Crippen LogP contribution in [0.2, 0.25) is 0 Å². The molecule has 1 N–H and O–H groups in total. The minimum atomic E-state index is -0.240. The molecule has 2 rings (SSSR count). The fraction of sp³-hybridized carbons (Fsp3) is 0.562. The molecule has 1 aromatic rings. The van der Waals surface area contributed by atoms with Crippen LogP contribution in [0.3, 0.4) is 0 Å². The van der Waals surface area contributed by atoms with Crippen LogP contribution in [0.1, 0.15) is 18.5 Å². The second kappa shape index (κ2) is 7.89. The molecule has 1 aliphatic heterocycles. The van der Waals surface area contributed by atoms with Crippen LogP contribution in [0, 0.1) is 5.92 Å². The Bertz CT molecular complexity index is 504. The van der Waals surface area contributed by atoms with Crippen molar-refractivity contribution in [3.05, 3.63) is 30.1 Å². The quantitative estimate of drug-likeness (QED) is 0.745. The molecule has 0 spiro atoms. The SMILES string of the molecule is CN(C)CCCNC(=O)C1CC(=O)N(Cc2ccccn2)C1. The topological polar surface area (TPSA) is 65.5 Å². The second-order valence-electron chi connectivity index (χ2n) is 5.94. The van der Waals surface area contributed by atoms with E-state index in [4.69, 9.17) is 0 Å². The van der Waals surface area contributed by atoms with Crippen molar-refractivity contribution in [2.24, 2.45) is 5.92 Å². The van der Waals surface area contributed by atoms with Crippen molar-refractivity contribution in [2.45, 2.75) is 19.4 Å². The molecule has 22 heavy (non-hydrogen) atoms. The maximum Gasteiger partial charge on any atom is 0.225 e. The zero-order chi connectivity index (χ0) is 15.9. The third kappa shape index (κ3) is 4.80. The van der Waals surface area contributed by atoms with E-state index in [0.29, 0.717) is 26.1 Å². The van der Waals surface area contributed by atoms with Crippen LogP contribution in [-0.4, -0.2) is 60.3 Å². The van der Waals surface area contributed by atoms with Crippen molar-refractivity contribution >= 4 is 11.8 Å². The van der Waals surface area contributed by atoms with E-state index >= 15 is 0 Å². The van der Waals surface area contributed by atoms with E-state index in [2.05, 4.69) is 15.2 Å². The molecule has 1 fully saturated rings. The fourth-order valence-corrected chi connectivity index (χ4v) is 2.54. The summed E-state index contributed by atoms with van der Waals surface area (Å²) in [5.41, 5.74) is 0.850. The summed E-state index contributed by atoms with van der Waals surface area (Å²) in [5.74, 6) is -0.231. The summed E-state index contributed by atoms with van der Waals surface area (Å²) in [6.07, 6.45) is 2.92. The van der Waals surface area contributed by atoms with Crippen molar-refractivity contribution in [1.29, 1.82) is 0 Å². The largest absolute Gasteiger partial charge is 0.356 e. The lowest BCUT2D eigenvalue weighted by atomic mass is 10.1. The number of amides is 2. The normalized spacial score (nSPS) is 18.0. The number of hydrogen-bond acceptors (Lipinski definition) is 4. The molecule has 0 bridgehead atoms. The highest BCUT2D eigenvalue weighted by Crippen LogP contribution is 2.19. The highest BCUT2D eigenvalue weighted by Gasteiger charge is 2.34. The van der Waals surface area contributed by atoms with Crippen LogP contribution in [0.5, 0.6) is 0 Å². The first-order valence-corrected chi connectivity index (χ1v) is 7.66. The summed E-state index contributed by atoms with van der Waals surface area (Å²) in [6.45, 7) is 2.55. The minimum Gasteiger partial charge on any atom is -0.356 e. The second-order valence-corrected chi connectivity index (χ2v) is 5.94. The van der Waals surface area contributed by atoms with Gasteiger partial charge in [0.25, 0.3) is 0 Å². The first kappa shape index (κ1) is 16.4. The van der Waals surface area contributed by atoms with Crippen molar-refractivity contribution in [1.82, 2.24) is 20.1 Å².